The van der Waals surface area contributed by atoms with Crippen molar-refractivity contribution in [3.63, 3.8) is 0 Å². The lowest BCUT2D eigenvalue weighted by atomic mass is 9.93. The number of aromatic carboxylic acids is 1. The van der Waals surface area contributed by atoms with Gasteiger partial charge in [-0.15, -0.1) is 21.5 Å². The molecule has 0 radical (unpaired) electrons. The molecule has 5 heterocycles. The number of aromatic nitrogens is 6. The van der Waals surface area contributed by atoms with Crippen molar-refractivity contribution in [3.8, 4) is 5.13 Å². The molecule has 0 aliphatic carbocycles. The van der Waals surface area contributed by atoms with Crippen molar-refractivity contribution < 1.29 is 14.7 Å². The highest BCUT2D eigenvalue weighted by atomic mass is 32.1. The molecule has 0 amide bonds. The Hall–Kier alpha value is -3.58. The van der Waals surface area contributed by atoms with Gasteiger partial charge in [0.2, 0.25) is 10.6 Å². The van der Waals surface area contributed by atoms with Crippen LogP contribution in [0.1, 0.15) is 20.9 Å². The van der Waals surface area contributed by atoms with Gasteiger partial charge in [0.15, 0.2) is 5.65 Å². The number of hydrogen-bond donors (Lipinski definition) is 1. The van der Waals surface area contributed by atoms with Crippen molar-refractivity contribution in [1.82, 2.24) is 29.1 Å². The number of carbonyl (C=O) groups is 2. The number of Topliss-reactive ketones (excluding diaryl/α,β-unsaturated/α-hetero) is 1. The third-order valence-corrected chi connectivity index (χ3v) is 6.68. The van der Waals surface area contributed by atoms with Gasteiger partial charge in [0, 0.05) is 30.8 Å². The zero-order valence-electron chi connectivity index (χ0n) is 16.6. The minimum Gasteiger partial charge on any atom is -0.477 e. The average Bonchev–Trinajstić information content (AvgIpc) is 3.40. The van der Waals surface area contributed by atoms with Crippen molar-refractivity contribution in [1.29, 1.82) is 0 Å². The van der Waals surface area contributed by atoms with Crippen LogP contribution in [0.4, 0.5) is 5.82 Å². The van der Waals surface area contributed by atoms with Gasteiger partial charge in [-0.3, -0.25) is 14.2 Å². The van der Waals surface area contributed by atoms with Crippen molar-refractivity contribution in [3.05, 3.63) is 50.5 Å². The molecular formula is C19H15N7O4S2. The second kappa shape index (κ2) is 7.84. The fourth-order valence-electron chi connectivity index (χ4n) is 3.65. The maximum absolute atomic E-state index is 12.8. The van der Waals surface area contributed by atoms with E-state index in [-0.39, 0.29) is 29.1 Å². The van der Waals surface area contributed by atoms with E-state index in [0.717, 1.165) is 11.5 Å². The Balaban J connectivity index is 1.50. The van der Waals surface area contributed by atoms with E-state index >= 15 is 0 Å². The van der Waals surface area contributed by atoms with Gasteiger partial charge in [-0.05, 0) is 18.6 Å². The van der Waals surface area contributed by atoms with Crippen LogP contribution in [0.3, 0.4) is 0 Å². The summed E-state index contributed by atoms with van der Waals surface area (Å²) >= 11 is 2.42. The van der Waals surface area contributed by atoms with Crippen LogP contribution in [0.5, 0.6) is 0 Å². The van der Waals surface area contributed by atoms with Crippen LogP contribution in [-0.2, 0) is 11.2 Å². The van der Waals surface area contributed by atoms with Gasteiger partial charge in [-0.25, -0.2) is 14.8 Å². The van der Waals surface area contributed by atoms with Gasteiger partial charge in [0.25, 0.3) is 0 Å². The second-order valence-electron chi connectivity index (χ2n) is 7.34. The van der Waals surface area contributed by atoms with E-state index < -0.39 is 11.4 Å². The molecular weight excluding hydrogens is 454 g/mol. The Morgan fingerprint density at radius 1 is 1.31 bits per heavy atom. The molecule has 0 unspecified atom stereocenters. The van der Waals surface area contributed by atoms with Crippen LogP contribution >= 0.6 is 22.9 Å². The molecule has 4 aromatic heterocycles. The normalized spacial score (nSPS) is 14.0. The first kappa shape index (κ1) is 20.3. The number of anilines is 1. The fraction of sp³-hybridized carbons (Fsp3) is 0.263. The Bertz CT molecular complexity index is 1390. The quantitative estimate of drug-likeness (QED) is 0.439. The van der Waals surface area contributed by atoms with E-state index in [1.165, 1.54) is 28.4 Å². The number of hydrogen-bond acceptors (Lipinski definition) is 11. The minimum atomic E-state index is -1.32. The van der Waals surface area contributed by atoms with Gasteiger partial charge in [-0.2, -0.15) is 4.37 Å². The average molecular weight is 470 g/mol. The zero-order valence-corrected chi connectivity index (χ0v) is 18.3. The number of pyridine rings is 2. The molecule has 1 fully saturated rings. The van der Waals surface area contributed by atoms with Gasteiger partial charge < -0.3 is 10.0 Å². The van der Waals surface area contributed by atoms with E-state index in [2.05, 4.69) is 24.5 Å². The molecule has 1 aliphatic heterocycles. The summed E-state index contributed by atoms with van der Waals surface area (Å²) in [5, 5.41) is 18.5. The second-order valence-corrected chi connectivity index (χ2v) is 9.02. The lowest BCUT2D eigenvalue weighted by Gasteiger charge is -2.39. The minimum absolute atomic E-state index is 0.104. The van der Waals surface area contributed by atoms with Crippen LogP contribution in [0.25, 0.3) is 16.2 Å². The van der Waals surface area contributed by atoms with Gasteiger partial charge >= 0.3 is 5.97 Å². The number of rotatable bonds is 6. The van der Waals surface area contributed by atoms with Crippen LogP contribution in [-0.4, -0.2) is 59.1 Å². The van der Waals surface area contributed by atoms with Crippen LogP contribution < -0.4 is 10.3 Å². The fourth-order valence-corrected chi connectivity index (χ4v) is 4.69. The molecule has 1 aliphatic rings. The number of ketones is 1. The summed E-state index contributed by atoms with van der Waals surface area (Å²) in [5.74, 6) is -0.738. The standard InChI is InChI=1S/C19H15N7O4S2/c1-9-2-13(25-4-10(5-25)12(27)3-14-24-21-8-31-14)23-17-15(9)16(28)11(18(29)30)6-26(17)19-20-7-22-32-19/h2,6-8,10H,3-5H2,1H3,(H,29,30). The lowest BCUT2D eigenvalue weighted by Crippen LogP contribution is -2.51. The third kappa shape index (κ3) is 3.44. The van der Waals surface area contributed by atoms with Gasteiger partial charge in [-0.1, -0.05) is 0 Å². The summed E-state index contributed by atoms with van der Waals surface area (Å²) in [6, 6.07) is 1.74. The van der Waals surface area contributed by atoms with Gasteiger partial charge in [0.05, 0.1) is 17.7 Å². The number of fused-ring (bicyclic) bond motifs is 1. The number of aryl methyl sites for hydroxylation is 1. The van der Waals surface area contributed by atoms with E-state index in [1.54, 1.807) is 18.5 Å². The maximum atomic E-state index is 12.8. The van der Waals surface area contributed by atoms with Crippen molar-refractivity contribution >= 4 is 51.5 Å². The zero-order chi connectivity index (χ0) is 22.4. The van der Waals surface area contributed by atoms with E-state index in [4.69, 9.17) is 0 Å². The van der Waals surface area contributed by atoms with Crippen molar-refractivity contribution in [2.45, 2.75) is 13.3 Å². The molecule has 4 aromatic rings. The molecule has 0 atom stereocenters. The molecule has 13 heteroatoms. The number of carboxylic acids is 1. The number of carbonyl (C=O) groups excluding carboxylic acids is 1. The molecule has 0 spiro atoms. The monoisotopic (exact) mass is 469 g/mol. The molecule has 0 saturated carbocycles. The molecule has 11 nitrogen and oxygen atoms in total. The SMILES string of the molecule is Cc1cc(N2CC(C(=O)Cc3nncs3)C2)nc2c1c(=O)c(C(=O)O)cn2-c1ncns1. The van der Waals surface area contributed by atoms with E-state index in [0.29, 0.717) is 40.3 Å². The summed E-state index contributed by atoms with van der Waals surface area (Å²) in [4.78, 5) is 47.7. The molecule has 1 saturated heterocycles. The van der Waals surface area contributed by atoms with Crippen molar-refractivity contribution in [2.24, 2.45) is 5.92 Å². The Kier molecular flexibility index (Phi) is 4.98. The first-order valence-corrected chi connectivity index (χ1v) is 11.2. The Labute approximate surface area is 188 Å². The third-order valence-electron chi connectivity index (χ3n) is 5.32. The highest BCUT2D eigenvalue weighted by molar-refractivity contribution is 7.09. The van der Waals surface area contributed by atoms with Crippen LogP contribution in [0.2, 0.25) is 0 Å². The molecule has 0 aromatic carbocycles. The van der Waals surface area contributed by atoms with Crippen LogP contribution in [0.15, 0.2) is 28.9 Å². The largest absolute Gasteiger partial charge is 0.477 e. The highest BCUT2D eigenvalue weighted by Gasteiger charge is 2.34. The lowest BCUT2D eigenvalue weighted by molar-refractivity contribution is -0.122. The predicted octanol–water partition coefficient (Wildman–Crippen LogP) is 1.34. The molecule has 162 valence electrons. The summed E-state index contributed by atoms with van der Waals surface area (Å²) in [7, 11) is 0. The van der Waals surface area contributed by atoms with Crippen molar-refractivity contribution in [2.75, 3.05) is 18.0 Å². The predicted molar refractivity (Wildman–Crippen MR) is 117 cm³/mol. The number of nitrogens with zero attached hydrogens (tertiary/aromatic N) is 7. The summed E-state index contributed by atoms with van der Waals surface area (Å²) in [6.07, 6.45) is 2.85. The summed E-state index contributed by atoms with van der Waals surface area (Å²) in [6.45, 7) is 2.75. The van der Waals surface area contributed by atoms with Gasteiger partial charge in [0.1, 0.15) is 34.0 Å². The first-order valence-electron chi connectivity index (χ1n) is 9.52. The first-order chi connectivity index (χ1) is 15.4. The number of carboxylic acid groups (broad SMARTS) is 1. The van der Waals surface area contributed by atoms with Crippen LogP contribution in [0, 0.1) is 12.8 Å². The Morgan fingerprint density at radius 3 is 2.78 bits per heavy atom. The van der Waals surface area contributed by atoms with E-state index in [1.807, 2.05) is 4.90 Å². The maximum Gasteiger partial charge on any atom is 0.341 e. The summed E-state index contributed by atoms with van der Waals surface area (Å²) < 4.78 is 5.45. The Morgan fingerprint density at radius 2 is 2.12 bits per heavy atom. The highest BCUT2D eigenvalue weighted by Crippen LogP contribution is 2.29. The van der Waals surface area contributed by atoms with E-state index in [9.17, 15) is 19.5 Å². The topological polar surface area (TPSA) is 144 Å². The smallest absolute Gasteiger partial charge is 0.341 e. The molecule has 1 N–H and O–H groups in total. The summed E-state index contributed by atoms with van der Waals surface area (Å²) in [5.41, 5.74) is 1.54. The molecule has 32 heavy (non-hydrogen) atoms. The molecule has 0 bridgehead atoms. The molecule has 5 rings (SSSR count).